The smallest absolute Gasteiger partial charge is 0.240 e. The molecule has 0 aromatic heterocycles. The van der Waals surface area contributed by atoms with Crippen LogP contribution in [0.25, 0.3) is 0 Å². The molecule has 0 saturated heterocycles. The molecule has 0 aliphatic heterocycles. The van der Waals surface area contributed by atoms with Gasteiger partial charge >= 0.3 is 0 Å². The second kappa shape index (κ2) is 11.6. The molecule has 0 bridgehead atoms. The van der Waals surface area contributed by atoms with Gasteiger partial charge in [-0.05, 0) is 30.4 Å². The van der Waals surface area contributed by atoms with E-state index in [-0.39, 0.29) is 24.6 Å². The number of rotatable bonds is 12. The van der Waals surface area contributed by atoms with E-state index in [4.69, 9.17) is 11.5 Å². The highest BCUT2D eigenvalue weighted by Gasteiger charge is 2.23. The summed E-state index contributed by atoms with van der Waals surface area (Å²) in [7, 11) is 0. The molecule has 1 unspecified atom stereocenters. The number of halogens is 1. The first-order chi connectivity index (χ1) is 12.4. The van der Waals surface area contributed by atoms with Crippen molar-refractivity contribution in [3.05, 3.63) is 35.6 Å². The average molecular weight is 365 g/mol. The number of primary amides is 1. The summed E-state index contributed by atoms with van der Waals surface area (Å²) in [5.74, 6) is -0.835. The maximum absolute atomic E-state index is 13.7. The quantitative estimate of drug-likeness (QED) is 0.531. The molecular weight excluding hydrogens is 333 g/mol. The first-order valence-electron chi connectivity index (χ1n) is 9.44. The normalized spacial score (nSPS) is 13.4. The zero-order valence-corrected chi connectivity index (χ0v) is 15.8. The van der Waals surface area contributed by atoms with E-state index in [0.717, 1.165) is 25.7 Å². The standard InChI is InChI=1S/C20H32FN3O2/c1-3-7-14(8-4-2)11-18(20(23)26)24-19(25)13-16(22)12-15-9-5-6-10-17(15)21/h5-6,9-10,14,16,18H,3-4,7-8,11-13,22H2,1-2H3,(H2,23,26)(H,24,25)/t16?,18-/m1/s1. The number of carbonyl (C=O) groups excluding carboxylic acids is 2. The van der Waals surface area contributed by atoms with Crippen molar-refractivity contribution in [1.29, 1.82) is 0 Å². The summed E-state index contributed by atoms with van der Waals surface area (Å²) in [6.45, 7) is 4.20. The highest BCUT2D eigenvalue weighted by molar-refractivity contribution is 5.86. The van der Waals surface area contributed by atoms with Gasteiger partial charge in [0.25, 0.3) is 0 Å². The number of hydrogen-bond acceptors (Lipinski definition) is 3. The molecule has 0 aliphatic carbocycles. The summed E-state index contributed by atoms with van der Waals surface area (Å²) in [6.07, 6.45) is 4.88. The zero-order valence-electron chi connectivity index (χ0n) is 15.8. The Morgan fingerprint density at radius 1 is 1.15 bits per heavy atom. The molecule has 5 nitrogen and oxygen atoms in total. The van der Waals surface area contributed by atoms with Crippen LogP contribution in [0.15, 0.2) is 24.3 Å². The topological polar surface area (TPSA) is 98.2 Å². The van der Waals surface area contributed by atoms with Crippen LogP contribution in [0.5, 0.6) is 0 Å². The van der Waals surface area contributed by atoms with Crippen molar-refractivity contribution in [3.63, 3.8) is 0 Å². The van der Waals surface area contributed by atoms with Crippen molar-refractivity contribution in [2.45, 2.75) is 70.9 Å². The summed E-state index contributed by atoms with van der Waals surface area (Å²) < 4.78 is 13.7. The molecule has 146 valence electrons. The summed E-state index contributed by atoms with van der Waals surface area (Å²) >= 11 is 0. The molecule has 0 fully saturated rings. The number of nitrogens with one attached hydrogen (secondary N) is 1. The largest absolute Gasteiger partial charge is 0.368 e. The lowest BCUT2D eigenvalue weighted by atomic mass is 9.91. The molecule has 0 saturated carbocycles. The van der Waals surface area contributed by atoms with Crippen LogP contribution in [0.2, 0.25) is 0 Å². The number of benzene rings is 1. The predicted octanol–water partition coefficient (Wildman–Crippen LogP) is 2.66. The van der Waals surface area contributed by atoms with Crippen LogP contribution in [-0.4, -0.2) is 23.9 Å². The summed E-state index contributed by atoms with van der Waals surface area (Å²) in [4.78, 5) is 24.0. The highest BCUT2D eigenvalue weighted by atomic mass is 19.1. The molecular formula is C20H32FN3O2. The second-order valence-corrected chi connectivity index (χ2v) is 6.96. The van der Waals surface area contributed by atoms with Crippen molar-refractivity contribution >= 4 is 11.8 Å². The van der Waals surface area contributed by atoms with E-state index in [1.165, 1.54) is 6.07 Å². The molecule has 2 amide bonds. The van der Waals surface area contributed by atoms with Gasteiger partial charge in [0.05, 0.1) is 0 Å². The third kappa shape index (κ3) is 7.95. The molecule has 1 rings (SSSR count). The maximum atomic E-state index is 13.7. The zero-order chi connectivity index (χ0) is 19.5. The third-order valence-electron chi connectivity index (χ3n) is 4.53. The van der Waals surface area contributed by atoms with Gasteiger partial charge in [0.15, 0.2) is 0 Å². The van der Waals surface area contributed by atoms with Crippen LogP contribution in [-0.2, 0) is 16.0 Å². The Kier molecular flexibility index (Phi) is 9.88. The fourth-order valence-corrected chi connectivity index (χ4v) is 3.29. The Morgan fingerprint density at radius 3 is 2.31 bits per heavy atom. The number of carbonyl (C=O) groups is 2. The van der Waals surface area contributed by atoms with Crippen molar-refractivity contribution in [1.82, 2.24) is 5.32 Å². The molecule has 26 heavy (non-hydrogen) atoms. The minimum atomic E-state index is -0.689. The SMILES string of the molecule is CCCC(CCC)C[C@@H](NC(=O)CC(N)Cc1ccccc1F)C(N)=O. The molecule has 6 heteroatoms. The lowest BCUT2D eigenvalue weighted by Crippen LogP contribution is -2.47. The van der Waals surface area contributed by atoms with Gasteiger partial charge in [0, 0.05) is 12.5 Å². The van der Waals surface area contributed by atoms with Crippen LogP contribution in [0.3, 0.4) is 0 Å². The molecule has 1 aromatic carbocycles. The molecule has 0 heterocycles. The average Bonchev–Trinajstić information content (AvgIpc) is 2.56. The monoisotopic (exact) mass is 365 g/mol. The second-order valence-electron chi connectivity index (χ2n) is 6.96. The van der Waals surface area contributed by atoms with E-state index in [0.29, 0.717) is 17.9 Å². The molecule has 0 radical (unpaired) electrons. The van der Waals surface area contributed by atoms with Crippen LogP contribution < -0.4 is 16.8 Å². The third-order valence-corrected chi connectivity index (χ3v) is 4.53. The van der Waals surface area contributed by atoms with Crippen molar-refractivity contribution in [3.8, 4) is 0 Å². The van der Waals surface area contributed by atoms with E-state index in [1.54, 1.807) is 18.2 Å². The number of amides is 2. The summed E-state index contributed by atoms with van der Waals surface area (Å²) in [5.41, 5.74) is 11.9. The predicted molar refractivity (Wildman–Crippen MR) is 102 cm³/mol. The molecule has 0 aliphatic rings. The molecule has 0 spiro atoms. The molecule has 2 atom stereocenters. The van der Waals surface area contributed by atoms with Crippen molar-refractivity contribution in [2.75, 3.05) is 0 Å². The van der Waals surface area contributed by atoms with E-state index in [2.05, 4.69) is 19.2 Å². The fraction of sp³-hybridized carbons (Fsp3) is 0.600. The Labute approximate surface area is 155 Å². The lowest BCUT2D eigenvalue weighted by molar-refractivity contribution is -0.128. The Balaban J connectivity index is 2.58. The maximum Gasteiger partial charge on any atom is 0.240 e. The van der Waals surface area contributed by atoms with Gasteiger partial charge in [-0.15, -0.1) is 0 Å². The minimum Gasteiger partial charge on any atom is -0.368 e. The van der Waals surface area contributed by atoms with Gasteiger partial charge in [0.1, 0.15) is 11.9 Å². The Bertz CT molecular complexity index is 574. The van der Waals surface area contributed by atoms with Gasteiger partial charge < -0.3 is 16.8 Å². The van der Waals surface area contributed by atoms with E-state index >= 15 is 0 Å². The van der Waals surface area contributed by atoms with Gasteiger partial charge in [-0.3, -0.25) is 9.59 Å². The van der Waals surface area contributed by atoms with Gasteiger partial charge in [-0.25, -0.2) is 4.39 Å². The summed E-state index contributed by atoms with van der Waals surface area (Å²) in [6, 6.07) is 5.15. The first kappa shape index (κ1) is 22.1. The van der Waals surface area contributed by atoms with E-state index < -0.39 is 18.0 Å². The fourth-order valence-electron chi connectivity index (χ4n) is 3.29. The van der Waals surface area contributed by atoms with Crippen LogP contribution in [0.4, 0.5) is 4.39 Å². The number of nitrogens with two attached hydrogens (primary N) is 2. The van der Waals surface area contributed by atoms with Gasteiger partial charge in [0.2, 0.25) is 11.8 Å². The van der Waals surface area contributed by atoms with E-state index in [1.807, 2.05) is 0 Å². The number of hydrogen-bond donors (Lipinski definition) is 3. The van der Waals surface area contributed by atoms with Crippen LogP contribution >= 0.6 is 0 Å². The van der Waals surface area contributed by atoms with E-state index in [9.17, 15) is 14.0 Å². The van der Waals surface area contributed by atoms with Crippen LogP contribution in [0, 0.1) is 11.7 Å². The van der Waals surface area contributed by atoms with Gasteiger partial charge in [-0.2, -0.15) is 0 Å². The highest BCUT2D eigenvalue weighted by Crippen LogP contribution is 2.19. The van der Waals surface area contributed by atoms with Gasteiger partial charge in [-0.1, -0.05) is 57.7 Å². The first-order valence-corrected chi connectivity index (χ1v) is 9.44. The Hall–Kier alpha value is -1.95. The van der Waals surface area contributed by atoms with Crippen LogP contribution in [0.1, 0.15) is 57.9 Å². The Morgan fingerprint density at radius 2 is 1.77 bits per heavy atom. The summed E-state index contributed by atoms with van der Waals surface area (Å²) in [5, 5.41) is 2.71. The lowest BCUT2D eigenvalue weighted by Gasteiger charge is -2.22. The van der Waals surface area contributed by atoms with Crippen molar-refractivity contribution in [2.24, 2.45) is 17.4 Å². The molecule has 5 N–H and O–H groups in total. The molecule has 1 aromatic rings. The minimum absolute atomic E-state index is 0.0182. The van der Waals surface area contributed by atoms with Crippen molar-refractivity contribution < 1.29 is 14.0 Å².